The first-order chi connectivity index (χ1) is 13.4. The van der Waals surface area contributed by atoms with Gasteiger partial charge in [0.15, 0.2) is 5.96 Å². The second-order valence-corrected chi connectivity index (χ2v) is 8.93. The molecule has 1 atom stereocenters. The van der Waals surface area contributed by atoms with Crippen molar-refractivity contribution in [3.63, 3.8) is 0 Å². The molecule has 0 aromatic carbocycles. The summed E-state index contributed by atoms with van der Waals surface area (Å²) in [5, 5.41) is 6.96. The SMILES string of the molecule is CN=C(NCC(CC(C)C)N1CCOCC1)NCC1(C(=O)N(C)C)CCCC1. The zero-order valence-electron chi connectivity index (χ0n) is 18.6. The number of ether oxygens (including phenoxy) is 1. The third-order valence-electron chi connectivity index (χ3n) is 6.05. The van der Waals surface area contributed by atoms with Crippen LogP contribution in [-0.4, -0.2) is 88.2 Å². The number of rotatable bonds is 8. The van der Waals surface area contributed by atoms with E-state index in [1.807, 2.05) is 14.1 Å². The van der Waals surface area contributed by atoms with Crippen molar-refractivity contribution in [3.05, 3.63) is 0 Å². The number of amides is 1. The Kier molecular flexibility index (Phi) is 9.02. The van der Waals surface area contributed by atoms with Gasteiger partial charge in [-0.3, -0.25) is 14.7 Å². The van der Waals surface area contributed by atoms with Crippen molar-refractivity contribution >= 4 is 11.9 Å². The van der Waals surface area contributed by atoms with Gasteiger partial charge >= 0.3 is 0 Å². The molecule has 7 heteroatoms. The summed E-state index contributed by atoms with van der Waals surface area (Å²) in [5.41, 5.74) is -0.289. The van der Waals surface area contributed by atoms with Gasteiger partial charge in [0, 0.05) is 53.4 Å². The molecule has 2 fully saturated rings. The lowest BCUT2D eigenvalue weighted by Crippen LogP contribution is -2.53. The molecule has 1 heterocycles. The smallest absolute Gasteiger partial charge is 0.230 e. The Hall–Kier alpha value is -1.34. The maximum Gasteiger partial charge on any atom is 0.230 e. The van der Waals surface area contributed by atoms with Crippen LogP contribution in [-0.2, 0) is 9.53 Å². The highest BCUT2D eigenvalue weighted by Gasteiger charge is 2.42. The summed E-state index contributed by atoms with van der Waals surface area (Å²) in [7, 11) is 5.51. The van der Waals surface area contributed by atoms with E-state index in [1.54, 1.807) is 11.9 Å². The van der Waals surface area contributed by atoms with E-state index in [0.29, 0.717) is 18.5 Å². The third kappa shape index (κ3) is 6.34. The van der Waals surface area contributed by atoms with Crippen molar-refractivity contribution < 1.29 is 9.53 Å². The Labute approximate surface area is 171 Å². The zero-order valence-corrected chi connectivity index (χ0v) is 18.6. The Morgan fingerprint density at radius 3 is 2.36 bits per heavy atom. The molecule has 1 aliphatic heterocycles. The second-order valence-electron chi connectivity index (χ2n) is 8.93. The van der Waals surface area contributed by atoms with Crippen LogP contribution in [0.2, 0.25) is 0 Å². The fraction of sp³-hybridized carbons (Fsp3) is 0.905. The fourth-order valence-electron chi connectivity index (χ4n) is 4.53. The van der Waals surface area contributed by atoms with E-state index in [2.05, 4.69) is 34.4 Å². The van der Waals surface area contributed by atoms with Gasteiger partial charge in [-0.05, 0) is 25.2 Å². The van der Waals surface area contributed by atoms with Crippen LogP contribution in [0.15, 0.2) is 4.99 Å². The first-order valence-corrected chi connectivity index (χ1v) is 10.9. The van der Waals surface area contributed by atoms with Gasteiger partial charge in [-0.25, -0.2) is 0 Å². The largest absolute Gasteiger partial charge is 0.379 e. The molecular weight excluding hydrogens is 354 g/mol. The summed E-state index contributed by atoms with van der Waals surface area (Å²) in [5.74, 6) is 1.67. The first kappa shape index (κ1) is 22.9. The number of aliphatic imine (C=N–C) groups is 1. The van der Waals surface area contributed by atoms with Gasteiger partial charge in [-0.15, -0.1) is 0 Å². The van der Waals surface area contributed by atoms with Gasteiger partial charge in [0.25, 0.3) is 0 Å². The van der Waals surface area contributed by atoms with Gasteiger partial charge in [0.2, 0.25) is 5.91 Å². The highest BCUT2D eigenvalue weighted by Crippen LogP contribution is 2.38. The minimum absolute atomic E-state index is 0.235. The Morgan fingerprint density at radius 2 is 1.82 bits per heavy atom. The molecule has 2 aliphatic rings. The molecule has 1 saturated heterocycles. The van der Waals surface area contributed by atoms with Crippen LogP contribution in [0.4, 0.5) is 0 Å². The van der Waals surface area contributed by atoms with Crippen molar-refractivity contribution in [3.8, 4) is 0 Å². The van der Waals surface area contributed by atoms with Crippen molar-refractivity contribution in [1.29, 1.82) is 0 Å². The van der Waals surface area contributed by atoms with E-state index in [4.69, 9.17) is 4.74 Å². The van der Waals surface area contributed by atoms with Crippen molar-refractivity contribution in [2.75, 3.05) is 60.5 Å². The molecule has 2 rings (SSSR count). The minimum atomic E-state index is -0.289. The lowest BCUT2D eigenvalue weighted by Gasteiger charge is -2.36. The summed E-state index contributed by atoms with van der Waals surface area (Å²) in [6.07, 6.45) is 5.31. The number of guanidine groups is 1. The predicted molar refractivity (Wildman–Crippen MR) is 115 cm³/mol. The van der Waals surface area contributed by atoms with E-state index < -0.39 is 0 Å². The lowest BCUT2D eigenvalue weighted by atomic mass is 9.84. The van der Waals surface area contributed by atoms with Crippen molar-refractivity contribution in [2.24, 2.45) is 16.3 Å². The second kappa shape index (κ2) is 11.0. The quantitative estimate of drug-likeness (QED) is 0.482. The number of nitrogens with one attached hydrogen (secondary N) is 2. The summed E-state index contributed by atoms with van der Waals surface area (Å²) in [6.45, 7) is 9.67. The Morgan fingerprint density at radius 1 is 1.18 bits per heavy atom. The average molecular weight is 396 g/mol. The molecular formula is C21H41N5O2. The first-order valence-electron chi connectivity index (χ1n) is 10.9. The number of morpholine rings is 1. The van der Waals surface area contributed by atoms with Gasteiger partial charge in [0.1, 0.15) is 0 Å². The van der Waals surface area contributed by atoms with Gasteiger partial charge in [0.05, 0.1) is 18.6 Å². The summed E-state index contributed by atoms with van der Waals surface area (Å²) in [4.78, 5) is 21.4. The molecule has 1 saturated carbocycles. The van der Waals surface area contributed by atoms with Crippen LogP contribution < -0.4 is 10.6 Å². The summed E-state index contributed by atoms with van der Waals surface area (Å²) >= 11 is 0. The molecule has 2 N–H and O–H groups in total. The Balaban J connectivity index is 1.92. The van der Waals surface area contributed by atoms with Crippen molar-refractivity contribution in [2.45, 2.75) is 52.0 Å². The molecule has 28 heavy (non-hydrogen) atoms. The molecule has 0 bridgehead atoms. The molecule has 0 spiro atoms. The molecule has 0 radical (unpaired) electrons. The zero-order chi connectivity index (χ0) is 20.6. The Bertz CT molecular complexity index is 509. The number of hydrogen-bond donors (Lipinski definition) is 2. The van der Waals surface area contributed by atoms with E-state index >= 15 is 0 Å². The maximum absolute atomic E-state index is 12.8. The summed E-state index contributed by atoms with van der Waals surface area (Å²) in [6, 6.07) is 0.464. The van der Waals surface area contributed by atoms with E-state index in [-0.39, 0.29) is 11.3 Å². The molecule has 0 aromatic rings. The van der Waals surface area contributed by atoms with Gasteiger partial charge in [-0.1, -0.05) is 26.7 Å². The van der Waals surface area contributed by atoms with E-state index in [1.165, 1.54) is 0 Å². The summed E-state index contributed by atoms with van der Waals surface area (Å²) < 4.78 is 5.52. The topological polar surface area (TPSA) is 69.2 Å². The van der Waals surface area contributed by atoms with Gasteiger partial charge in [-0.2, -0.15) is 0 Å². The standard InChI is InChI=1S/C21H41N5O2/c1-17(2)14-18(26-10-12-28-13-11-26)15-23-20(22-3)24-16-21(8-6-7-9-21)19(27)25(4)5/h17-18H,6-16H2,1-5H3,(H2,22,23,24). The van der Waals surface area contributed by atoms with Crippen LogP contribution in [0.1, 0.15) is 46.0 Å². The lowest BCUT2D eigenvalue weighted by molar-refractivity contribution is -0.138. The molecule has 162 valence electrons. The van der Waals surface area contributed by atoms with Crippen LogP contribution in [0.3, 0.4) is 0 Å². The number of nitrogens with zero attached hydrogens (tertiary/aromatic N) is 3. The van der Waals surface area contributed by atoms with Crippen molar-refractivity contribution in [1.82, 2.24) is 20.4 Å². The van der Waals surface area contributed by atoms with Crippen LogP contribution >= 0.6 is 0 Å². The highest BCUT2D eigenvalue weighted by molar-refractivity contribution is 5.85. The van der Waals surface area contributed by atoms with Gasteiger partial charge < -0.3 is 20.3 Å². The predicted octanol–water partition coefficient (Wildman–Crippen LogP) is 1.55. The number of carbonyl (C=O) groups excluding carboxylic acids is 1. The molecule has 1 unspecified atom stereocenters. The van der Waals surface area contributed by atoms with E-state index in [0.717, 1.165) is 70.9 Å². The average Bonchev–Trinajstić information content (AvgIpc) is 3.16. The van der Waals surface area contributed by atoms with Crippen LogP contribution in [0.25, 0.3) is 0 Å². The maximum atomic E-state index is 12.8. The molecule has 1 amide bonds. The van der Waals surface area contributed by atoms with E-state index in [9.17, 15) is 4.79 Å². The van der Waals surface area contributed by atoms with Crippen LogP contribution in [0, 0.1) is 11.3 Å². The number of hydrogen-bond acceptors (Lipinski definition) is 4. The number of carbonyl (C=O) groups is 1. The highest BCUT2D eigenvalue weighted by atomic mass is 16.5. The molecule has 7 nitrogen and oxygen atoms in total. The van der Waals surface area contributed by atoms with Crippen LogP contribution in [0.5, 0.6) is 0 Å². The third-order valence-corrected chi connectivity index (χ3v) is 6.05. The molecule has 0 aromatic heterocycles. The monoisotopic (exact) mass is 395 g/mol. The minimum Gasteiger partial charge on any atom is -0.379 e. The normalized spacial score (nSPS) is 21.6. The fourth-order valence-corrected chi connectivity index (χ4v) is 4.53. The molecule has 1 aliphatic carbocycles.